The molecule has 0 bridgehead atoms. The van der Waals surface area contributed by atoms with Gasteiger partial charge in [0.25, 0.3) is 0 Å². The van der Waals surface area contributed by atoms with E-state index in [1.807, 2.05) is 37.3 Å². The van der Waals surface area contributed by atoms with Crippen molar-refractivity contribution in [1.82, 2.24) is 0 Å². The number of amides is 1. The first-order valence-corrected chi connectivity index (χ1v) is 4.19. The van der Waals surface area contributed by atoms with Crippen LogP contribution in [0.15, 0.2) is 60.1 Å². The van der Waals surface area contributed by atoms with Crippen molar-refractivity contribution in [3.05, 3.63) is 60.1 Å². The van der Waals surface area contributed by atoms with Crippen LogP contribution >= 0.6 is 0 Å². The summed E-state index contributed by atoms with van der Waals surface area (Å²) < 4.78 is 0. The molecule has 72 valence electrons. The molecule has 0 aliphatic heterocycles. The molecule has 1 amide bonds. The number of rotatable bonds is 4. The van der Waals surface area contributed by atoms with E-state index in [0.717, 1.165) is 6.08 Å². The number of nitrogens with two attached hydrogens (primary N) is 1. The topological polar surface area (TPSA) is 43.1 Å². The van der Waals surface area contributed by atoms with Gasteiger partial charge < -0.3 is 5.73 Å². The Balaban J connectivity index is 4.05. The van der Waals surface area contributed by atoms with Crippen molar-refractivity contribution in [2.75, 3.05) is 0 Å². The maximum Gasteiger partial charge on any atom is 0.249 e. The summed E-state index contributed by atoms with van der Waals surface area (Å²) in [5.41, 5.74) is 9.97. The van der Waals surface area contributed by atoms with E-state index < -0.39 is 5.91 Å². The quantitative estimate of drug-likeness (QED) is 0.408. The molecule has 2 nitrogen and oxygen atoms in total. The van der Waals surface area contributed by atoms with Crippen LogP contribution in [0.1, 0.15) is 6.92 Å². The van der Waals surface area contributed by atoms with Crippen molar-refractivity contribution >= 4 is 5.91 Å². The SMILES string of the molecule is CC=CC=CC=CC=C=C=CC(N)=O. The minimum Gasteiger partial charge on any atom is -0.366 e. The molecule has 14 heavy (non-hydrogen) atoms. The summed E-state index contributed by atoms with van der Waals surface area (Å²) in [6, 6.07) is 0. The van der Waals surface area contributed by atoms with Gasteiger partial charge in [0.15, 0.2) is 0 Å². The first-order valence-electron chi connectivity index (χ1n) is 4.19. The van der Waals surface area contributed by atoms with Crippen molar-refractivity contribution in [2.45, 2.75) is 6.92 Å². The number of hydrogen-bond donors (Lipinski definition) is 1. The van der Waals surface area contributed by atoms with Gasteiger partial charge >= 0.3 is 0 Å². The van der Waals surface area contributed by atoms with Crippen molar-refractivity contribution in [2.24, 2.45) is 5.73 Å². The minimum atomic E-state index is -0.525. The molecule has 0 aromatic carbocycles. The van der Waals surface area contributed by atoms with E-state index in [1.165, 1.54) is 0 Å². The molecule has 0 unspecified atom stereocenters. The molecule has 0 saturated heterocycles. The number of allylic oxidation sites excluding steroid dienone is 7. The number of hydrogen-bond acceptors (Lipinski definition) is 1. The third-order valence-electron chi connectivity index (χ3n) is 1.11. The zero-order valence-electron chi connectivity index (χ0n) is 8.10. The highest BCUT2D eigenvalue weighted by Crippen LogP contribution is 1.80. The van der Waals surface area contributed by atoms with Gasteiger partial charge in [-0.25, -0.2) is 0 Å². The number of carbonyl (C=O) groups excluding carboxylic acids is 1. The normalized spacial score (nSPS) is 10.4. The molecule has 0 aliphatic carbocycles. The zero-order valence-corrected chi connectivity index (χ0v) is 8.10. The molecule has 0 radical (unpaired) electrons. The van der Waals surface area contributed by atoms with Crippen LogP contribution in [0, 0.1) is 0 Å². The number of carbonyl (C=O) groups is 1. The minimum absolute atomic E-state index is 0.525. The second-order valence-corrected chi connectivity index (χ2v) is 2.30. The maximum atomic E-state index is 10.2. The summed E-state index contributed by atoms with van der Waals surface area (Å²) in [6.45, 7) is 1.95. The predicted molar refractivity (Wildman–Crippen MR) is 58.5 cm³/mol. The molecule has 0 aromatic rings. The van der Waals surface area contributed by atoms with Gasteiger partial charge in [0.2, 0.25) is 5.91 Å². The Labute approximate surface area is 84.1 Å². The van der Waals surface area contributed by atoms with E-state index in [9.17, 15) is 4.79 Å². The smallest absolute Gasteiger partial charge is 0.249 e. The van der Waals surface area contributed by atoms with Crippen molar-refractivity contribution in [3.8, 4) is 0 Å². The number of primary amides is 1. The Morgan fingerprint density at radius 1 is 1.07 bits per heavy atom. The van der Waals surface area contributed by atoms with Crippen molar-refractivity contribution in [1.29, 1.82) is 0 Å². The molecule has 0 atom stereocenters. The molecule has 0 fully saturated rings. The molecule has 0 spiro atoms. The van der Waals surface area contributed by atoms with Crippen LogP contribution in [-0.4, -0.2) is 5.91 Å². The third-order valence-corrected chi connectivity index (χ3v) is 1.11. The van der Waals surface area contributed by atoms with E-state index >= 15 is 0 Å². The van der Waals surface area contributed by atoms with E-state index in [1.54, 1.807) is 12.2 Å². The van der Waals surface area contributed by atoms with Crippen LogP contribution in [0.3, 0.4) is 0 Å². The largest absolute Gasteiger partial charge is 0.366 e. The van der Waals surface area contributed by atoms with Crippen LogP contribution in [0.5, 0.6) is 0 Å². The molecular formula is C12H13NO. The zero-order chi connectivity index (χ0) is 10.6. The second-order valence-electron chi connectivity index (χ2n) is 2.30. The van der Waals surface area contributed by atoms with Crippen molar-refractivity contribution < 1.29 is 4.79 Å². The van der Waals surface area contributed by atoms with Gasteiger partial charge in [-0.05, 0) is 13.0 Å². The van der Waals surface area contributed by atoms with Crippen LogP contribution in [0.2, 0.25) is 0 Å². The highest BCUT2D eigenvalue weighted by atomic mass is 16.1. The van der Waals surface area contributed by atoms with Gasteiger partial charge in [-0.1, -0.05) is 47.9 Å². The monoisotopic (exact) mass is 187 g/mol. The van der Waals surface area contributed by atoms with Crippen LogP contribution in [-0.2, 0) is 4.79 Å². The van der Waals surface area contributed by atoms with Gasteiger partial charge in [-0.3, -0.25) is 4.79 Å². The van der Waals surface area contributed by atoms with Crippen molar-refractivity contribution in [3.63, 3.8) is 0 Å². The fraction of sp³-hybridized carbons (Fsp3) is 0.0833. The summed E-state index contributed by atoms with van der Waals surface area (Å²) in [5, 5.41) is 0. The van der Waals surface area contributed by atoms with Crippen LogP contribution < -0.4 is 5.73 Å². The van der Waals surface area contributed by atoms with Crippen LogP contribution in [0.4, 0.5) is 0 Å². The molecule has 2 N–H and O–H groups in total. The van der Waals surface area contributed by atoms with Gasteiger partial charge in [-0.15, -0.1) is 0 Å². The Kier molecular flexibility index (Phi) is 7.78. The lowest BCUT2D eigenvalue weighted by atomic mass is 10.4. The fourth-order valence-corrected chi connectivity index (χ4v) is 0.568. The molecule has 0 aliphatic rings. The standard InChI is InChI=1S/C12H13NO/c1-2-3-4-5-6-7-8-9-10-11-12(13)14/h2-8,11H,1H3,(H2,13,14). The maximum absolute atomic E-state index is 10.2. The third kappa shape index (κ3) is 9.99. The first-order chi connectivity index (χ1) is 6.77. The van der Waals surface area contributed by atoms with Gasteiger partial charge in [0.05, 0.1) is 6.08 Å². The lowest BCUT2D eigenvalue weighted by molar-refractivity contribution is -0.113. The van der Waals surface area contributed by atoms with E-state index in [4.69, 9.17) is 5.73 Å². The molecule has 0 aromatic heterocycles. The predicted octanol–water partition coefficient (Wildman–Crippen LogP) is 2.03. The highest BCUT2D eigenvalue weighted by molar-refractivity contribution is 5.85. The summed E-state index contributed by atoms with van der Waals surface area (Å²) in [6.07, 6.45) is 14.1. The lowest BCUT2D eigenvalue weighted by Gasteiger charge is -1.70. The Morgan fingerprint density at radius 3 is 2.36 bits per heavy atom. The average Bonchev–Trinajstić information content (AvgIpc) is 2.15. The average molecular weight is 187 g/mol. The second kappa shape index (κ2) is 9.08. The summed E-state index contributed by atoms with van der Waals surface area (Å²) >= 11 is 0. The Hall–Kier alpha value is -2.01. The van der Waals surface area contributed by atoms with E-state index in [0.29, 0.717) is 0 Å². The lowest BCUT2D eigenvalue weighted by Crippen LogP contribution is -2.04. The first kappa shape index (κ1) is 12.0. The van der Waals surface area contributed by atoms with Gasteiger partial charge in [0.1, 0.15) is 0 Å². The van der Waals surface area contributed by atoms with Crippen LogP contribution in [0.25, 0.3) is 0 Å². The Bertz CT molecular complexity index is 347. The fourth-order valence-electron chi connectivity index (χ4n) is 0.568. The molecular weight excluding hydrogens is 174 g/mol. The summed E-state index contributed by atoms with van der Waals surface area (Å²) in [4.78, 5) is 10.2. The van der Waals surface area contributed by atoms with E-state index in [2.05, 4.69) is 11.5 Å². The summed E-state index contributed by atoms with van der Waals surface area (Å²) in [7, 11) is 0. The molecule has 0 heterocycles. The highest BCUT2D eigenvalue weighted by Gasteiger charge is 1.74. The summed E-state index contributed by atoms with van der Waals surface area (Å²) in [5.74, 6) is -0.525. The molecule has 0 saturated carbocycles. The van der Waals surface area contributed by atoms with Gasteiger partial charge in [-0.2, -0.15) is 0 Å². The van der Waals surface area contributed by atoms with E-state index in [-0.39, 0.29) is 0 Å². The molecule has 2 heteroatoms. The Morgan fingerprint density at radius 2 is 1.71 bits per heavy atom. The van der Waals surface area contributed by atoms with Gasteiger partial charge in [0, 0.05) is 0 Å². The molecule has 0 rings (SSSR count).